The Hall–Kier alpha value is -0.140. The third kappa shape index (κ3) is 10.3. The SMILES string of the molecule is CCCCCCCCCCCCSc1cc(C)cc(Cl)c1. The molecular formula is C19H31ClS. The van der Waals surface area contributed by atoms with Gasteiger partial charge in [0.05, 0.1) is 0 Å². The van der Waals surface area contributed by atoms with E-state index in [-0.39, 0.29) is 0 Å². The Balaban J connectivity index is 1.93. The zero-order chi connectivity index (χ0) is 15.3. The Bertz CT molecular complexity index is 356. The molecule has 0 aromatic heterocycles. The summed E-state index contributed by atoms with van der Waals surface area (Å²) in [5.74, 6) is 1.22. The van der Waals surface area contributed by atoms with Gasteiger partial charge in [0.1, 0.15) is 0 Å². The van der Waals surface area contributed by atoms with Crippen LogP contribution in [0.1, 0.15) is 76.7 Å². The second-order valence-electron chi connectivity index (χ2n) is 5.99. The van der Waals surface area contributed by atoms with Crippen molar-refractivity contribution < 1.29 is 0 Å². The molecule has 0 unspecified atom stereocenters. The molecule has 0 amide bonds. The summed E-state index contributed by atoms with van der Waals surface area (Å²) in [5.41, 5.74) is 1.26. The van der Waals surface area contributed by atoms with Crippen molar-refractivity contribution in [2.45, 2.75) is 83.0 Å². The molecule has 120 valence electrons. The molecular weight excluding hydrogens is 296 g/mol. The van der Waals surface area contributed by atoms with Crippen molar-refractivity contribution in [3.63, 3.8) is 0 Å². The molecule has 0 N–H and O–H groups in total. The fourth-order valence-corrected chi connectivity index (χ4v) is 3.98. The van der Waals surface area contributed by atoms with Gasteiger partial charge in [-0.15, -0.1) is 11.8 Å². The molecule has 0 fully saturated rings. The highest BCUT2D eigenvalue weighted by Crippen LogP contribution is 2.25. The van der Waals surface area contributed by atoms with E-state index in [0.717, 1.165) is 5.02 Å². The van der Waals surface area contributed by atoms with Crippen LogP contribution in [0.2, 0.25) is 5.02 Å². The van der Waals surface area contributed by atoms with Crippen LogP contribution in [0, 0.1) is 6.92 Å². The highest BCUT2D eigenvalue weighted by molar-refractivity contribution is 7.99. The van der Waals surface area contributed by atoms with Crippen LogP contribution in [0.25, 0.3) is 0 Å². The van der Waals surface area contributed by atoms with Gasteiger partial charge in [-0.3, -0.25) is 0 Å². The van der Waals surface area contributed by atoms with Gasteiger partial charge in [0.25, 0.3) is 0 Å². The summed E-state index contributed by atoms with van der Waals surface area (Å²) in [5, 5.41) is 0.862. The first-order valence-electron chi connectivity index (χ1n) is 8.62. The van der Waals surface area contributed by atoms with Crippen LogP contribution >= 0.6 is 23.4 Å². The molecule has 0 spiro atoms. The summed E-state index contributed by atoms with van der Waals surface area (Å²) in [7, 11) is 0. The first-order valence-corrected chi connectivity index (χ1v) is 9.98. The maximum Gasteiger partial charge on any atom is 0.0419 e. The lowest BCUT2D eigenvalue weighted by Gasteiger charge is -2.04. The average molecular weight is 327 g/mol. The molecule has 0 saturated carbocycles. The molecule has 0 nitrogen and oxygen atoms in total. The second kappa shape index (κ2) is 12.4. The van der Waals surface area contributed by atoms with Crippen molar-refractivity contribution in [3.8, 4) is 0 Å². The number of halogens is 1. The molecule has 0 saturated heterocycles. The van der Waals surface area contributed by atoms with Crippen LogP contribution in [-0.2, 0) is 0 Å². The minimum absolute atomic E-state index is 0.862. The van der Waals surface area contributed by atoms with E-state index in [1.807, 2.05) is 17.8 Å². The Morgan fingerprint density at radius 2 is 1.38 bits per heavy atom. The van der Waals surface area contributed by atoms with Crippen molar-refractivity contribution in [3.05, 3.63) is 28.8 Å². The summed E-state index contributed by atoms with van der Waals surface area (Å²) < 4.78 is 0. The normalized spacial score (nSPS) is 11.0. The third-order valence-electron chi connectivity index (χ3n) is 3.78. The quantitative estimate of drug-likeness (QED) is 0.280. The zero-order valence-electron chi connectivity index (χ0n) is 13.8. The average Bonchev–Trinajstić information content (AvgIpc) is 2.44. The number of aryl methyl sites for hydroxylation is 1. The van der Waals surface area contributed by atoms with Crippen LogP contribution in [-0.4, -0.2) is 5.75 Å². The molecule has 0 heterocycles. The highest BCUT2D eigenvalue weighted by atomic mass is 35.5. The molecule has 0 bridgehead atoms. The van der Waals surface area contributed by atoms with Gasteiger partial charge < -0.3 is 0 Å². The number of rotatable bonds is 12. The number of unbranched alkanes of at least 4 members (excludes halogenated alkanes) is 9. The smallest absolute Gasteiger partial charge is 0.0419 e. The van der Waals surface area contributed by atoms with Crippen LogP contribution in [0.4, 0.5) is 0 Å². The standard InChI is InChI=1S/C19H31ClS/c1-3-4-5-6-7-8-9-10-11-12-13-21-19-15-17(2)14-18(20)16-19/h14-16H,3-13H2,1-2H3. The fraction of sp³-hybridized carbons (Fsp3) is 0.684. The third-order valence-corrected chi connectivity index (χ3v) is 5.06. The van der Waals surface area contributed by atoms with E-state index in [0.29, 0.717) is 0 Å². The van der Waals surface area contributed by atoms with Crippen LogP contribution in [0.5, 0.6) is 0 Å². The molecule has 1 aromatic rings. The minimum atomic E-state index is 0.862. The van der Waals surface area contributed by atoms with Gasteiger partial charge in [0.2, 0.25) is 0 Å². The van der Waals surface area contributed by atoms with Gasteiger partial charge in [0.15, 0.2) is 0 Å². The molecule has 1 aromatic carbocycles. The Morgan fingerprint density at radius 1 is 0.810 bits per heavy atom. The maximum absolute atomic E-state index is 6.08. The largest absolute Gasteiger partial charge is 0.126 e. The highest BCUT2D eigenvalue weighted by Gasteiger charge is 1.98. The maximum atomic E-state index is 6.08. The van der Waals surface area contributed by atoms with Gasteiger partial charge in [-0.25, -0.2) is 0 Å². The molecule has 0 atom stereocenters. The van der Waals surface area contributed by atoms with Crippen LogP contribution < -0.4 is 0 Å². The monoisotopic (exact) mass is 326 g/mol. The van der Waals surface area contributed by atoms with Gasteiger partial charge in [-0.05, 0) is 42.9 Å². The summed E-state index contributed by atoms with van der Waals surface area (Å²) in [4.78, 5) is 1.32. The summed E-state index contributed by atoms with van der Waals surface area (Å²) in [6.45, 7) is 4.39. The van der Waals surface area contributed by atoms with Crippen LogP contribution in [0.15, 0.2) is 23.1 Å². The molecule has 0 radical (unpaired) electrons. The van der Waals surface area contributed by atoms with Crippen LogP contribution in [0.3, 0.4) is 0 Å². The fourth-order valence-electron chi connectivity index (χ4n) is 2.57. The van der Waals surface area contributed by atoms with Gasteiger partial charge in [0, 0.05) is 9.92 Å². The summed E-state index contributed by atoms with van der Waals surface area (Å²) in [6.07, 6.45) is 14.1. The lowest BCUT2D eigenvalue weighted by Crippen LogP contribution is -1.84. The zero-order valence-corrected chi connectivity index (χ0v) is 15.4. The van der Waals surface area contributed by atoms with E-state index in [2.05, 4.69) is 26.0 Å². The second-order valence-corrected chi connectivity index (χ2v) is 7.60. The van der Waals surface area contributed by atoms with Crippen molar-refractivity contribution in [1.82, 2.24) is 0 Å². The molecule has 0 aliphatic heterocycles. The van der Waals surface area contributed by atoms with Gasteiger partial charge in [-0.2, -0.15) is 0 Å². The molecule has 1 rings (SSSR count). The lowest BCUT2D eigenvalue weighted by molar-refractivity contribution is 0.563. The topological polar surface area (TPSA) is 0 Å². The van der Waals surface area contributed by atoms with E-state index >= 15 is 0 Å². The predicted molar refractivity (Wildman–Crippen MR) is 98.8 cm³/mol. The Kier molecular flexibility index (Phi) is 11.2. The number of hydrogen-bond acceptors (Lipinski definition) is 1. The van der Waals surface area contributed by atoms with Crippen molar-refractivity contribution in [2.24, 2.45) is 0 Å². The number of hydrogen-bond donors (Lipinski definition) is 0. The molecule has 0 aliphatic carbocycles. The van der Waals surface area contributed by atoms with Crippen molar-refractivity contribution in [2.75, 3.05) is 5.75 Å². The first kappa shape index (κ1) is 18.9. The summed E-state index contributed by atoms with van der Waals surface area (Å²) in [6, 6.07) is 6.33. The first-order chi connectivity index (χ1) is 10.2. The van der Waals surface area contributed by atoms with Gasteiger partial charge in [-0.1, -0.05) is 76.3 Å². The molecule has 2 heteroatoms. The van der Waals surface area contributed by atoms with Crippen molar-refractivity contribution in [1.29, 1.82) is 0 Å². The lowest BCUT2D eigenvalue weighted by atomic mass is 10.1. The molecule has 21 heavy (non-hydrogen) atoms. The van der Waals surface area contributed by atoms with E-state index in [4.69, 9.17) is 11.6 Å². The van der Waals surface area contributed by atoms with E-state index in [1.165, 1.54) is 80.4 Å². The van der Waals surface area contributed by atoms with E-state index in [1.54, 1.807) is 0 Å². The number of thioether (sulfide) groups is 1. The summed E-state index contributed by atoms with van der Waals surface area (Å²) >= 11 is 8.02. The van der Waals surface area contributed by atoms with Gasteiger partial charge >= 0.3 is 0 Å². The molecule has 0 aliphatic rings. The number of benzene rings is 1. The van der Waals surface area contributed by atoms with Crippen molar-refractivity contribution >= 4 is 23.4 Å². The van der Waals surface area contributed by atoms with E-state index in [9.17, 15) is 0 Å². The Morgan fingerprint density at radius 3 is 1.95 bits per heavy atom. The Labute approximate surface area is 141 Å². The predicted octanol–water partition coefficient (Wildman–Crippen LogP) is 7.66. The van der Waals surface area contributed by atoms with E-state index < -0.39 is 0 Å². The minimum Gasteiger partial charge on any atom is -0.126 e.